The lowest BCUT2D eigenvalue weighted by atomic mass is 10.0. The highest BCUT2D eigenvalue weighted by atomic mass is 32.2. The van der Waals surface area contributed by atoms with Crippen molar-refractivity contribution in [2.45, 2.75) is 62.5 Å². The van der Waals surface area contributed by atoms with E-state index in [4.69, 9.17) is 0 Å². The molecule has 1 atom stereocenters. The number of fused-ring (bicyclic) bond motifs is 2. The number of aldehydes is 1. The minimum absolute atomic E-state index is 0.0432. The van der Waals surface area contributed by atoms with E-state index in [2.05, 4.69) is 33.7 Å². The second-order valence-corrected chi connectivity index (χ2v) is 12.6. The van der Waals surface area contributed by atoms with Crippen molar-refractivity contribution < 1.29 is 14.4 Å². The monoisotopic (exact) mass is 606 g/mol. The fourth-order valence-electron chi connectivity index (χ4n) is 3.86. The normalized spacial score (nSPS) is 15.6. The van der Waals surface area contributed by atoms with Gasteiger partial charge in [-0.25, -0.2) is 0 Å². The Hall–Kier alpha value is -3.40. The van der Waals surface area contributed by atoms with Gasteiger partial charge in [0.2, 0.25) is 0 Å². The van der Waals surface area contributed by atoms with Crippen LogP contribution in [-0.4, -0.2) is 49.2 Å². The lowest BCUT2D eigenvalue weighted by Gasteiger charge is -2.20. The predicted octanol–water partition coefficient (Wildman–Crippen LogP) is 7.03. The van der Waals surface area contributed by atoms with Gasteiger partial charge >= 0.3 is 0 Å². The van der Waals surface area contributed by atoms with Gasteiger partial charge in [0.1, 0.15) is 6.29 Å². The van der Waals surface area contributed by atoms with Gasteiger partial charge in [-0.3, -0.25) is 19.4 Å². The molecule has 7 nitrogen and oxygen atoms in total. The Balaban J connectivity index is 0.000000281. The van der Waals surface area contributed by atoms with Crippen molar-refractivity contribution in [1.82, 2.24) is 10.6 Å². The Labute approximate surface area is 258 Å². The first-order valence-electron chi connectivity index (χ1n) is 13.9. The highest BCUT2D eigenvalue weighted by Crippen LogP contribution is 2.40. The third-order valence-electron chi connectivity index (χ3n) is 5.74. The molecule has 0 aromatic heterocycles. The van der Waals surface area contributed by atoms with Gasteiger partial charge in [-0.15, -0.1) is 23.5 Å². The first-order chi connectivity index (χ1) is 20.1. The smallest absolute Gasteiger partial charge is 0.252 e. The summed E-state index contributed by atoms with van der Waals surface area (Å²) >= 11 is 3.38. The largest absolute Gasteiger partial charge is 0.347 e. The Morgan fingerprint density at radius 2 is 1.90 bits per heavy atom. The summed E-state index contributed by atoms with van der Waals surface area (Å²) in [6, 6.07) is 13.1. The van der Waals surface area contributed by atoms with Crippen LogP contribution in [0.3, 0.4) is 0 Å². The summed E-state index contributed by atoms with van der Waals surface area (Å²) < 4.78 is 0. The molecule has 2 aliphatic rings. The Morgan fingerprint density at radius 3 is 2.52 bits per heavy atom. The maximum absolute atomic E-state index is 12.1. The van der Waals surface area contributed by atoms with Crippen LogP contribution in [0.4, 0.5) is 5.69 Å². The second-order valence-electron chi connectivity index (χ2n) is 10.2. The number of aliphatic imine (C=N–C) groups is 1. The molecule has 3 N–H and O–H groups in total. The van der Waals surface area contributed by atoms with Crippen LogP contribution in [-0.2, 0) is 10.5 Å². The molecular formula is C33H42N4O3S2. The van der Waals surface area contributed by atoms with E-state index in [-0.39, 0.29) is 22.6 Å². The lowest BCUT2D eigenvalue weighted by Crippen LogP contribution is -2.40. The molecule has 224 valence electrons. The van der Waals surface area contributed by atoms with E-state index >= 15 is 0 Å². The summed E-state index contributed by atoms with van der Waals surface area (Å²) in [6.07, 6.45) is 9.27. The summed E-state index contributed by atoms with van der Waals surface area (Å²) in [7, 11) is 1.90. The van der Waals surface area contributed by atoms with Crippen LogP contribution < -0.4 is 16.0 Å². The minimum Gasteiger partial charge on any atom is -0.347 e. The van der Waals surface area contributed by atoms with Gasteiger partial charge in [0, 0.05) is 55.8 Å². The first kappa shape index (κ1) is 34.8. The molecule has 2 amide bonds. The van der Waals surface area contributed by atoms with Gasteiger partial charge in [0.05, 0.1) is 5.69 Å². The second kappa shape index (κ2) is 17.5. The van der Waals surface area contributed by atoms with Crippen LogP contribution in [0.5, 0.6) is 0 Å². The molecule has 0 radical (unpaired) electrons. The number of allylic oxidation sites excluding steroid dienone is 3. The van der Waals surface area contributed by atoms with Gasteiger partial charge in [0.15, 0.2) is 0 Å². The quantitative estimate of drug-likeness (QED) is 0.220. The number of hydrogen-bond donors (Lipinski definition) is 3. The van der Waals surface area contributed by atoms with E-state index < -0.39 is 0 Å². The maximum Gasteiger partial charge on any atom is 0.252 e. The summed E-state index contributed by atoms with van der Waals surface area (Å²) in [4.78, 5) is 40.9. The van der Waals surface area contributed by atoms with Gasteiger partial charge < -0.3 is 16.0 Å². The number of nitrogens with zero attached hydrogens (tertiary/aromatic N) is 1. The number of benzene rings is 2. The number of nitrogens with one attached hydrogen (secondary N) is 3. The van der Waals surface area contributed by atoms with Crippen LogP contribution in [0, 0.1) is 0 Å². The van der Waals surface area contributed by atoms with Gasteiger partial charge in [-0.05, 0) is 70.8 Å². The van der Waals surface area contributed by atoms with E-state index in [0.717, 1.165) is 46.1 Å². The van der Waals surface area contributed by atoms with Gasteiger partial charge in [0.25, 0.3) is 11.8 Å². The number of likely N-dealkylation sites (N-methyl/N-ethyl adjacent to an activating group) is 1. The predicted molar refractivity (Wildman–Crippen MR) is 180 cm³/mol. The highest BCUT2D eigenvalue weighted by Gasteiger charge is 2.27. The minimum atomic E-state index is -0.226. The van der Waals surface area contributed by atoms with Crippen molar-refractivity contribution in [3.05, 3.63) is 94.1 Å². The zero-order valence-corrected chi connectivity index (χ0v) is 27.0. The number of amides is 2. The van der Waals surface area contributed by atoms with Crippen molar-refractivity contribution in [3.63, 3.8) is 0 Å². The molecule has 42 heavy (non-hydrogen) atoms. The van der Waals surface area contributed by atoms with Crippen LogP contribution in [0.2, 0.25) is 0 Å². The van der Waals surface area contributed by atoms with Crippen molar-refractivity contribution in [1.29, 1.82) is 0 Å². The van der Waals surface area contributed by atoms with Gasteiger partial charge in [-0.2, -0.15) is 0 Å². The molecule has 4 rings (SSSR count). The zero-order chi connectivity index (χ0) is 31.1. The average Bonchev–Trinajstić information content (AvgIpc) is 3.12. The number of hydrogen-bond acceptors (Lipinski definition) is 7. The number of rotatable bonds is 8. The molecule has 0 fully saturated rings. The van der Waals surface area contributed by atoms with E-state index in [1.807, 2.05) is 84.2 Å². The molecule has 9 heteroatoms. The van der Waals surface area contributed by atoms with Crippen LogP contribution in [0.1, 0.15) is 67.3 Å². The van der Waals surface area contributed by atoms with Crippen molar-refractivity contribution in [2.75, 3.05) is 18.9 Å². The van der Waals surface area contributed by atoms with Crippen LogP contribution >= 0.6 is 23.5 Å². The Kier molecular flexibility index (Phi) is 14.5. The first-order valence-corrected chi connectivity index (χ1v) is 15.8. The number of carbonyl (C=O) groups is 3. The fraction of sp³-hybridized carbons (Fsp3) is 0.333. The van der Waals surface area contributed by atoms with Crippen LogP contribution in [0.15, 0.2) is 87.3 Å². The van der Waals surface area contributed by atoms with Crippen LogP contribution in [0.25, 0.3) is 0 Å². The fourth-order valence-corrected chi connectivity index (χ4v) is 6.01. The average molecular weight is 607 g/mol. The molecule has 1 aliphatic carbocycles. The lowest BCUT2D eigenvalue weighted by molar-refractivity contribution is -0.112. The summed E-state index contributed by atoms with van der Waals surface area (Å²) in [5.74, 6) is 0.724. The van der Waals surface area contributed by atoms with Crippen molar-refractivity contribution >= 4 is 54.0 Å². The van der Waals surface area contributed by atoms with E-state index in [1.54, 1.807) is 41.9 Å². The van der Waals surface area contributed by atoms with E-state index in [9.17, 15) is 14.4 Å². The third kappa shape index (κ3) is 11.1. The molecular weight excluding hydrogens is 565 g/mol. The molecule has 0 bridgehead atoms. The standard InChI is InChI=1S/C17H25N3OS.C14H11NO2S.C2H6/c1-17(2,3)20-16(21)14-8-6-13(7-9-14)12-22-15(10-18-4)11-19-5;16-8-9-5-6-13-11(7-9)15-14(17)10-3-1-2-4-12(10)18-13;1-2/h6-10,19H,4,11-12H2,1-3,5H3,(H,20,21);1-3,5-8,12H,4H2,(H,15,17);1-2H3/b15-10-;;. The molecule has 0 saturated carbocycles. The molecule has 1 heterocycles. The number of thioether (sulfide) groups is 2. The molecule has 0 saturated heterocycles. The molecule has 2 aromatic rings. The van der Waals surface area contributed by atoms with Crippen molar-refractivity contribution in [2.24, 2.45) is 4.99 Å². The third-order valence-corrected chi connectivity index (χ3v) is 8.18. The summed E-state index contributed by atoms with van der Waals surface area (Å²) in [5.41, 5.74) is 3.73. The molecule has 0 spiro atoms. The summed E-state index contributed by atoms with van der Waals surface area (Å²) in [5, 5.41) is 9.10. The van der Waals surface area contributed by atoms with E-state index in [0.29, 0.717) is 11.1 Å². The molecule has 1 aliphatic heterocycles. The molecule has 2 aromatic carbocycles. The highest BCUT2D eigenvalue weighted by molar-refractivity contribution is 8.02. The Morgan fingerprint density at radius 1 is 1.19 bits per heavy atom. The number of anilines is 1. The summed E-state index contributed by atoms with van der Waals surface area (Å²) in [6.45, 7) is 14.2. The van der Waals surface area contributed by atoms with E-state index in [1.165, 1.54) is 5.56 Å². The SMILES string of the molecule is C=N/C=C(/CNC)SCc1ccc(C(=O)NC(C)(C)C)cc1.CC.O=Cc1ccc2c(c1)NC(=O)C1=CC=CCC1S2. The number of carbonyl (C=O) groups excluding carboxylic acids is 3. The Bertz CT molecular complexity index is 1330. The zero-order valence-electron chi connectivity index (χ0n) is 25.3. The van der Waals surface area contributed by atoms with Crippen molar-refractivity contribution in [3.8, 4) is 0 Å². The molecule has 1 unspecified atom stereocenters. The van der Waals surface area contributed by atoms with Gasteiger partial charge in [-0.1, -0.05) is 50.3 Å². The maximum atomic E-state index is 12.1. The topological polar surface area (TPSA) is 99.7 Å².